The van der Waals surface area contributed by atoms with E-state index in [0.29, 0.717) is 0 Å². The maximum absolute atomic E-state index is 12.2. The number of esters is 1. The number of ether oxygens (including phenoxy) is 1. The van der Waals surface area contributed by atoms with Gasteiger partial charge in [-0.15, -0.1) is 0 Å². The molecule has 1 fully saturated rings. The average molecular weight is 287 g/mol. The van der Waals surface area contributed by atoms with Gasteiger partial charge in [0.1, 0.15) is 10.2 Å². The summed E-state index contributed by atoms with van der Waals surface area (Å²) in [5.41, 5.74) is 0.0707. The first-order chi connectivity index (χ1) is 8.30. The Bertz CT molecular complexity index is 371. The van der Waals surface area contributed by atoms with Crippen LogP contribution in [0.15, 0.2) is 10.8 Å². The molecule has 0 aromatic rings. The minimum absolute atomic E-state index is 0.0485. The molecule has 0 aromatic carbocycles. The van der Waals surface area contributed by atoms with Crippen LogP contribution in [0.25, 0.3) is 0 Å². The van der Waals surface area contributed by atoms with Crippen LogP contribution >= 0.6 is 23.5 Å². The van der Waals surface area contributed by atoms with Crippen LogP contribution in [0.3, 0.4) is 0 Å². The number of nitrogens with zero attached hydrogens (tertiary/aromatic N) is 1. The molecule has 0 radical (unpaired) electrons. The van der Waals surface area contributed by atoms with E-state index in [9.17, 15) is 4.79 Å². The fourth-order valence-corrected chi connectivity index (χ4v) is 5.50. The van der Waals surface area contributed by atoms with Gasteiger partial charge < -0.3 is 4.74 Å². The summed E-state index contributed by atoms with van der Waals surface area (Å²) < 4.78 is 5.32. The van der Waals surface area contributed by atoms with Crippen molar-refractivity contribution in [3.63, 3.8) is 0 Å². The minimum atomic E-state index is -0.137. The van der Waals surface area contributed by atoms with Crippen LogP contribution in [0.4, 0.5) is 0 Å². The predicted octanol–water partition coefficient (Wildman–Crippen LogP) is 3.27. The van der Waals surface area contributed by atoms with E-state index >= 15 is 0 Å². The number of hydrogen-bond donors (Lipinski definition) is 0. The molecule has 0 aliphatic carbocycles. The van der Waals surface area contributed by atoms with Crippen molar-refractivity contribution in [1.82, 2.24) is 4.90 Å². The average Bonchev–Trinajstić information content (AvgIpc) is 2.80. The van der Waals surface area contributed by atoms with E-state index in [4.69, 9.17) is 4.74 Å². The van der Waals surface area contributed by atoms with E-state index in [-0.39, 0.29) is 27.7 Å². The standard InChI is InChI=1S/C13H21NO2S2/c1-9(2)16-11(15)10-8-12(3,4)13(14(10)5)17-6-7-18-13/h6-7,9-10H,8H2,1-5H3. The first-order valence-corrected chi connectivity index (χ1v) is 8.00. The summed E-state index contributed by atoms with van der Waals surface area (Å²) >= 11 is 3.62. The topological polar surface area (TPSA) is 29.5 Å². The van der Waals surface area contributed by atoms with Crippen LogP contribution in [0.2, 0.25) is 0 Å². The van der Waals surface area contributed by atoms with Gasteiger partial charge in [0, 0.05) is 5.41 Å². The van der Waals surface area contributed by atoms with Crippen molar-refractivity contribution < 1.29 is 9.53 Å². The third kappa shape index (κ3) is 2.10. The second-order valence-corrected chi connectivity index (χ2v) is 8.25. The molecule has 2 aliphatic rings. The molecular weight excluding hydrogens is 266 g/mol. The third-order valence-corrected chi connectivity index (χ3v) is 7.24. The molecule has 0 saturated carbocycles. The molecule has 102 valence electrons. The summed E-state index contributed by atoms with van der Waals surface area (Å²) in [4.78, 5) is 14.4. The van der Waals surface area contributed by atoms with Crippen molar-refractivity contribution in [2.45, 2.75) is 50.5 Å². The number of carbonyl (C=O) groups is 1. The Kier molecular flexibility index (Phi) is 3.78. The lowest BCUT2D eigenvalue weighted by Crippen LogP contribution is -2.46. The van der Waals surface area contributed by atoms with Gasteiger partial charge in [-0.3, -0.25) is 9.69 Å². The van der Waals surface area contributed by atoms with Gasteiger partial charge in [-0.1, -0.05) is 37.4 Å². The summed E-state index contributed by atoms with van der Waals surface area (Å²) in [7, 11) is 2.04. The number of likely N-dealkylation sites (tertiary alicyclic amines) is 1. The van der Waals surface area contributed by atoms with Crippen molar-refractivity contribution in [3.05, 3.63) is 10.8 Å². The highest BCUT2D eigenvalue weighted by Gasteiger charge is 2.60. The molecule has 0 amide bonds. The number of carbonyl (C=O) groups excluding carboxylic acids is 1. The zero-order valence-electron chi connectivity index (χ0n) is 11.6. The second kappa shape index (κ2) is 4.76. The first-order valence-electron chi connectivity index (χ1n) is 6.24. The Hall–Kier alpha value is -0.130. The molecule has 2 rings (SSSR count). The molecule has 1 spiro atoms. The number of rotatable bonds is 2. The normalized spacial score (nSPS) is 29.3. The fraction of sp³-hybridized carbons (Fsp3) is 0.769. The maximum atomic E-state index is 12.2. The highest BCUT2D eigenvalue weighted by Crippen LogP contribution is 2.63. The number of hydrogen-bond acceptors (Lipinski definition) is 5. The molecule has 0 aromatic heterocycles. The summed E-state index contributed by atoms with van der Waals surface area (Å²) in [6, 6.07) is -0.137. The lowest BCUT2D eigenvalue weighted by Gasteiger charge is -2.40. The zero-order chi connectivity index (χ0) is 13.6. The molecule has 1 saturated heterocycles. The van der Waals surface area contributed by atoms with E-state index in [2.05, 4.69) is 29.6 Å². The number of likely N-dealkylation sites (N-methyl/N-ethyl adjacent to an activating group) is 1. The molecule has 2 aliphatic heterocycles. The van der Waals surface area contributed by atoms with E-state index < -0.39 is 0 Å². The van der Waals surface area contributed by atoms with Crippen molar-refractivity contribution >= 4 is 29.5 Å². The van der Waals surface area contributed by atoms with E-state index in [0.717, 1.165) is 6.42 Å². The van der Waals surface area contributed by atoms with Crippen molar-refractivity contribution in [3.8, 4) is 0 Å². The number of thioether (sulfide) groups is 2. The maximum Gasteiger partial charge on any atom is 0.323 e. The van der Waals surface area contributed by atoms with Crippen LogP contribution in [-0.4, -0.2) is 34.3 Å². The predicted molar refractivity (Wildman–Crippen MR) is 78.2 cm³/mol. The third-order valence-electron chi connectivity index (χ3n) is 3.63. The van der Waals surface area contributed by atoms with Crippen molar-refractivity contribution in [2.24, 2.45) is 5.41 Å². The molecular formula is C13H21NO2S2. The monoisotopic (exact) mass is 287 g/mol. The van der Waals surface area contributed by atoms with Crippen LogP contribution in [0, 0.1) is 5.41 Å². The van der Waals surface area contributed by atoms with Gasteiger partial charge in [0.25, 0.3) is 0 Å². The van der Waals surface area contributed by atoms with Gasteiger partial charge >= 0.3 is 5.97 Å². The van der Waals surface area contributed by atoms with Crippen molar-refractivity contribution in [1.29, 1.82) is 0 Å². The second-order valence-electron chi connectivity index (χ2n) is 5.79. The van der Waals surface area contributed by atoms with Crippen LogP contribution in [0.1, 0.15) is 34.1 Å². The summed E-state index contributed by atoms with van der Waals surface area (Å²) in [5, 5.41) is 4.25. The van der Waals surface area contributed by atoms with Crippen molar-refractivity contribution in [2.75, 3.05) is 7.05 Å². The molecule has 1 unspecified atom stereocenters. The quantitative estimate of drug-likeness (QED) is 0.727. The van der Waals surface area contributed by atoms with Gasteiger partial charge in [-0.25, -0.2) is 0 Å². The van der Waals surface area contributed by atoms with Crippen LogP contribution in [0.5, 0.6) is 0 Å². The molecule has 18 heavy (non-hydrogen) atoms. The smallest absolute Gasteiger partial charge is 0.323 e. The first kappa shape index (κ1) is 14.3. The minimum Gasteiger partial charge on any atom is -0.462 e. The highest BCUT2D eigenvalue weighted by molar-refractivity contribution is 8.23. The molecule has 0 N–H and O–H groups in total. The van der Waals surface area contributed by atoms with Gasteiger partial charge in [-0.2, -0.15) is 0 Å². The van der Waals surface area contributed by atoms with Gasteiger partial charge in [0.2, 0.25) is 0 Å². The Balaban J connectivity index is 2.20. The summed E-state index contributed by atoms with van der Waals surface area (Å²) in [6.45, 7) is 8.26. The van der Waals surface area contributed by atoms with Gasteiger partial charge in [-0.05, 0) is 38.1 Å². The zero-order valence-corrected chi connectivity index (χ0v) is 13.2. The Morgan fingerprint density at radius 2 is 1.94 bits per heavy atom. The molecule has 5 heteroatoms. The fourth-order valence-electron chi connectivity index (χ4n) is 2.74. The van der Waals surface area contributed by atoms with Gasteiger partial charge in [0.15, 0.2) is 0 Å². The molecule has 3 nitrogen and oxygen atoms in total. The highest BCUT2D eigenvalue weighted by atomic mass is 32.2. The van der Waals surface area contributed by atoms with Crippen LogP contribution < -0.4 is 0 Å². The summed E-state index contributed by atoms with van der Waals surface area (Å²) in [5.74, 6) is -0.0921. The Labute approximate surface area is 118 Å². The van der Waals surface area contributed by atoms with Crippen LogP contribution in [-0.2, 0) is 9.53 Å². The lowest BCUT2D eigenvalue weighted by atomic mass is 9.90. The largest absolute Gasteiger partial charge is 0.462 e. The van der Waals surface area contributed by atoms with Gasteiger partial charge in [0.05, 0.1) is 6.10 Å². The SMILES string of the molecule is CC(C)OC(=O)C1CC(C)(C)C2(SC=CS2)N1C. The Morgan fingerprint density at radius 1 is 1.39 bits per heavy atom. The van der Waals surface area contributed by atoms with E-state index in [1.807, 2.05) is 44.4 Å². The summed E-state index contributed by atoms with van der Waals surface area (Å²) in [6.07, 6.45) is 0.795. The lowest BCUT2D eigenvalue weighted by molar-refractivity contribution is -0.152. The Morgan fingerprint density at radius 3 is 2.44 bits per heavy atom. The molecule has 0 bridgehead atoms. The molecule has 1 atom stereocenters. The van der Waals surface area contributed by atoms with E-state index in [1.54, 1.807) is 0 Å². The molecule has 2 heterocycles. The van der Waals surface area contributed by atoms with E-state index in [1.165, 1.54) is 0 Å².